The number of anilines is 1. The molecule has 3 N–H and O–H groups in total. The maximum atomic E-state index is 5.78. The highest BCUT2D eigenvalue weighted by molar-refractivity contribution is 9.10. The van der Waals surface area contributed by atoms with Crippen molar-refractivity contribution in [2.24, 2.45) is 5.73 Å². The Hall–Kier alpha value is -0.260. The molecule has 1 fully saturated rings. The third-order valence-electron chi connectivity index (χ3n) is 3.34. The van der Waals surface area contributed by atoms with Crippen molar-refractivity contribution < 1.29 is 0 Å². The van der Waals surface area contributed by atoms with Gasteiger partial charge in [0.1, 0.15) is 4.99 Å². The van der Waals surface area contributed by atoms with Gasteiger partial charge < -0.3 is 11.1 Å². The predicted molar refractivity (Wildman–Crippen MR) is 88.6 cm³/mol. The van der Waals surface area contributed by atoms with Crippen LogP contribution in [0.25, 0.3) is 0 Å². The average molecular weight is 345 g/mol. The molecular formula is C13H17BrN2S2. The number of rotatable bonds is 4. The van der Waals surface area contributed by atoms with Crippen molar-refractivity contribution in [2.75, 3.05) is 11.6 Å². The zero-order chi connectivity index (χ0) is 13.1. The van der Waals surface area contributed by atoms with Crippen molar-refractivity contribution in [3.05, 3.63) is 28.2 Å². The van der Waals surface area contributed by atoms with E-state index in [1.807, 2.05) is 23.9 Å². The van der Waals surface area contributed by atoms with Gasteiger partial charge in [0.15, 0.2) is 0 Å². The van der Waals surface area contributed by atoms with Crippen LogP contribution in [0.5, 0.6) is 0 Å². The Balaban J connectivity index is 2.22. The topological polar surface area (TPSA) is 38.0 Å². The molecule has 1 aromatic carbocycles. The molecule has 98 valence electrons. The molecule has 0 spiro atoms. The molecule has 1 saturated carbocycles. The maximum absolute atomic E-state index is 5.78. The fraction of sp³-hybridized carbons (Fsp3) is 0.462. The second kappa shape index (κ2) is 6.26. The number of nitrogens with two attached hydrogens (primary N) is 1. The highest BCUT2D eigenvalue weighted by Gasteiger charge is 2.26. The van der Waals surface area contributed by atoms with Crippen LogP contribution in [-0.4, -0.2) is 22.5 Å². The number of benzene rings is 1. The van der Waals surface area contributed by atoms with Gasteiger partial charge in [-0.1, -0.05) is 34.6 Å². The van der Waals surface area contributed by atoms with Crippen molar-refractivity contribution in [2.45, 2.75) is 30.6 Å². The van der Waals surface area contributed by atoms with E-state index in [1.165, 1.54) is 19.3 Å². The molecule has 1 aliphatic carbocycles. The van der Waals surface area contributed by atoms with E-state index in [4.69, 9.17) is 18.0 Å². The molecular weight excluding hydrogens is 328 g/mol. The first-order valence-electron chi connectivity index (χ1n) is 6.00. The van der Waals surface area contributed by atoms with Crippen LogP contribution in [0, 0.1) is 0 Å². The Labute approximate surface area is 126 Å². The summed E-state index contributed by atoms with van der Waals surface area (Å²) in [5.41, 5.74) is 7.75. The second-order valence-electron chi connectivity index (χ2n) is 4.51. The molecule has 0 aromatic heterocycles. The van der Waals surface area contributed by atoms with E-state index in [2.05, 4.69) is 33.6 Å². The summed E-state index contributed by atoms with van der Waals surface area (Å²) in [5.74, 6) is 0. The van der Waals surface area contributed by atoms with Crippen LogP contribution in [0.2, 0.25) is 0 Å². The average Bonchev–Trinajstić information content (AvgIpc) is 2.76. The first-order chi connectivity index (χ1) is 8.61. The van der Waals surface area contributed by atoms with E-state index < -0.39 is 0 Å². The first-order valence-corrected chi connectivity index (χ1v) is 8.49. The number of nitrogens with one attached hydrogen (secondary N) is 1. The van der Waals surface area contributed by atoms with E-state index in [0.717, 1.165) is 15.7 Å². The van der Waals surface area contributed by atoms with Gasteiger partial charge in [-0.2, -0.15) is 11.8 Å². The lowest BCUT2D eigenvalue weighted by atomic mass is 10.1. The van der Waals surface area contributed by atoms with Gasteiger partial charge in [0.2, 0.25) is 0 Å². The molecule has 18 heavy (non-hydrogen) atoms. The van der Waals surface area contributed by atoms with E-state index in [9.17, 15) is 0 Å². The molecule has 0 heterocycles. The fourth-order valence-electron chi connectivity index (χ4n) is 2.42. The van der Waals surface area contributed by atoms with Gasteiger partial charge in [-0.15, -0.1) is 0 Å². The molecule has 0 bridgehead atoms. The molecule has 1 aliphatic rings. The summed E-state index contributed by atoms with van der Waals surface area (Å²) in [4.78, 5) is 0.448. The minimum absolute atomic E-state index is 0.448. The van der Waals surface area contributed by atoms with Crippen LogP contribution < -0.4 is 11.1 Å². The standard InChI is InChI=1S/C13H17BrN2S2/c1-18-12-4-2-3-10(12)16-11-7-8(14)5-6-9(11)13(15)17/h5-7,10,12,16H,2-4H2,1H3,(H2,15,17). The lowest BCUT2D eigenvalue weighted by molar-refractivity contribution is 0.768. The second-order valence-corrected chi connectivity index (χ2v) is 6.94. The van der Waals surface area contributed by atoms with Gasteiger partial charge in [0.25, 0.3) is 0 Å². The van der Waals surface area contributed by atoms with Gasteiger partial charge in [0.05, 0.1) is 0 Å². The summed E-state index contributed by atoms with van der Waals surface area (Å²) in [6.07, 6.45) is 5.98. The SMILES string of the molecule is CSC1CCCC1Nc1cc(Br)ccc1C(N)=S. The largest absolute Gasteiger partial charge is 0.389 e. The van der Waals surface area contributed by atoms with Gasteiger partial charge >= 0.3 is 0 Å². The Bertz CT molecular complexity index is 451. The monoisotopic (exact) mass is 344 g/mol. The van der Waals surface area contributed by atoms with Crippen molar-refractivity contribution >= 4 is 50.6 Å². The normalized spacial score (nSPS) is 23.0. The zero-order valence-corrected chi connectivity index (χ0v) is 13.5. The summed E-state index contributed by atoms with van der Waals surface area (Å²) in [7, 11) is 0. The molecule has 0 radical (unpaired) electrons. The van der Waals surface area contributed by atoms with E-state index >= 15 is 0 Å². The van der Waals surface area contributed by atoms with Crippen molar-refractivity contribution in [1.82, 2.24) is 0 Å². The number of hydrogen-bond acceptors (Lipinski definition) is 3. The van der Waals surface area contributed by atoms with Crippen LogP contribution in [-0.2, 0) is 0 Å². The lowest BCUT2D eigenvalue weighted by Crippen LogP contribution is -2.27. The lowest BCUT2D eigenvalue weighted by Gasteiger charge is -2.22. The van der Waals surface area contributed by atoms with Crippen LogP contribution in [0.3, 0.4) is 0 Å². The first kappa shape index (κ1) is 14.2. The predicted octanol–water partition coefficient (Wildman–Crippen LogP) is 3.78. The molecule has 5 heteroatoms. The van der Waals surface area contributed by atoms with Crippen molar-refractivity contribution in [1.29, 1.82) is 0 Å². The Kier molecular flexibility index (Phi) is 4.92. The summed E-state index contributed by atoms with van der Waals surface area (Å²) < 4.78 is 1.05. The smallest absolute Gasteiger partial charge is 0.106 e. The maximum Gasteiger partial charge on any atom is 0.106 e. The fourth-order valence-corrected chi connectivity index (χ4v) is 3.90. The highest BCUT2D eigenvalue weighted by atomic mass is 79.9. The summed E-state index contributed by atoms with van der Waals surface area (Å²) in [6, 6.07) is 6.52. The zero-order valence-electron chi connectivity index (χ0n) is 10.3. The minimum atomic E-state index is 0.448. The van der Waals surface area contributed by atoms with Gasteiger partial charge in [-0.25, -0.2) is 0 Å². The van der Waals surface area contributed by atoms with E-state index in [-0.39, 0.29) is 0 Å². The quantitative estimate of drug-likeness (QED) is 0.815. The Morgan fingerprint density at radius 2 is 2.28 bits per heavy atom. The van der Waals surface area contributed by atoms with Crippen LogP contribution in [0.1, 0.15) is 24.8 Å². The highest BCUT2D eigenvalue weighted by Crippen LogP contribution is 2.32. The third kappa shape index (κ3) is 3.19. The number of thioether (sulfide) groups is 1. The molecule has 1 aromatic rings. The van der Waals surface area contributed by atoms with Gasteiger partial charge in [-0.05, 0) is 37.3 Å². The Morgan fingerprint density at radius 1 is 1.50 bits per heavy atom. The van der Waals surface area contributed by atoms with Crippen molar-refractivity contribution in [3.8, 4) is 0 Å². The van der Waals surface area contributed by atoms with Crippen LogP contribution in [0.4, 0.5) is 5.69 Å². The van der Waals surface area contributed by atoms with E-state index in [0.29, 0.717) is 16.3 Å². The minimum Gasteiger partial charge on any atom is -0.389 e. The van der Waals surface area contributed by atoms with E-state index in [1.54, 1.807) is 0 Å². The molecule has 2 atom stereocenters. The number of halogens is 1. The molecule has 0 aliphatic heterocycles. The van der Waals surface area contributed by atoms with Gasteiger partial charge in [0, 0.05) is 27.0 Å². The summed E-state index contributed by atoms with van der Waals surface area (Å²) in [6.45, 7) is 0. The molecule has 0 amide bonds. The molecule has 2 nitrogen and oxygen atoms in total. The summed E-state index contributed by atoms with van der Waals surface area (Å²) >= 11 is 10.5. The number of thiocarbonyl (C=S) groups is 1. The van der Waals surface area contributed by atoms with Gasteiger partial charge in [-0.3, -0.25) is 0 Å². The van der Waals surface area contributed by atoms with Crippen molar-refractivity contribution in [3.63, 3.8) is 0 Å². The molecule has 2 unspecified atom stereocenters. The number of hydrogen-bond donors (Lipinski definition) is 2. The Morgan fingerprint density at radius 3 is 2.94 bits per heavy atom. The third-order valence-corrected chi connectivity index (χ3v) is 5.23. The van der Waals surface area contributed by atoms with Crippen LogP contribution in [0.15, 0.2) is 22.7 Å². The molecule has 2 rings (SSSR count). The van der Waals surface area contributed by atoms with Crippen LogP contribution >= 0.6 is 39.9 Å². The summed E-state index contributed by atoms with van der Waals surface area (Å²) in [5, 5.41) is 4.30. The molecule has 0 saturated heterocycles.